The standard InChI is InChI=1S/C25H19N3O2/c1-16-26-14-13-21(27-16)17-7-6-8-18(15-17)28-25(29)24-19-9-2-4-11-22(19)30-23-12-5-3-10-20(23)24/h2-15,24H,1H3,(H,28,29). The molecule has 5 rings (SSSR count). The van der Waals surface area contributed by atoms with Gasteiger partial charge in [0, 0.05) is 28.6 Å². The van der Waals surface area contributed by atoms with Crippen LogP contribution in [0.25, 0.3) is 11.3 Å². The number of ether oxygens (including phenoxy) is 1. The van der Waals surface area contributed by atoms with E-state index in [-0.39, 0.29) is 5.91 Å². The number of carbonyl (C=O) groups excluding carboxylic acids is 1. The van der Waals surface area contributed by atoms with Gasteiger partial charge in [-0.2, -0.15) is 0 Å². The molecule has 1 N–H and O–H groups in total. The lowest BCUT2D eigenvalue weighted by Crippen LogP contribution is -2.25. The summed E-state index contributed by atoms with van der Waals surface area (Å²) in [7, 11) is 0. The van der Waals surface area contributed by atoms with E-state index in [1.54, 1.807) is 6.20 Å². The zero-order valence-corrected chi connectivity index (χ0v) is 16.4. The van der Waals surface area contributed by atoms with E-state index in [0.717, 1.165) is 28.1 Å². The second-order valence-electron chi connectivity index (χ2n) is 7.17. The number of hydrogen-bond donors (Lipinski definition) is 1. The fourth-order valence-electron chi connectivity index (χ4n) is 3.78. The van der Waals surface area contributed by atoms with Crippen molar-refractivity contribution in [2.75, 3.05) is 5.32 Å². The lowest BCUT2D eigenvalue weighted by molar-refractivity contribution is -0.116. The van der Waals surface area contributed by atoms with E-state index in [2.05, 4.69) is 15.3 Å². The zero-order valence-electron chi connectivity index (χ0n) is 16.4. The lowest BCUT2D eigenvalue weighted by atomic mass is 9.87. The van der Waals surface area contributed by atoms with Crippen LogP contribution >= 0.6 is 0 Å². The Morgan fingerprint density at radius 1 is 0.900 bits per heavy atom. The molecule has 0 atom stereocenters. The number of nitrogens with zero attached hydrogens (tertiary/aromatic N) is 2. The van der Waals surface area contributed by atoms with E-state index in [1.165, 1.54) is 0 Å². The van der Waals surface area contributed by atoms with Gasteiger partial charge in [-0.3, -0.25) is 4.79 Å². The van der Waals surface area contributed by atoms with Crippen molar-refractivity contribution in [2.24, 2.45) is 0 Å². The summed E-state index contributed by atoms with van der Waals surface area (Å²) in [4.78, 5) is 22.0. The summed E-state index contributed by atoms with van der Waals surface area (Å²) in [6.45, 7) is 1.86. The van der Waals surface area contributed by atoms with Gasteiger partial charge in [-0.1, -0.05) is 48.5 Å². The van der Waals surface area contributed by atoms with Gasteiger partial charge < -0.3 is 10.1 Å². The molecule has 0 bridgehead atoms. The van der Waals surface area contributed by atoms with Crippen molar-refractivity contribution in [2.45, 2.75) is 12.8 Å². The molecule has 1 aliphatic rings. The molecule has 30 heavy (non-hydrogen) atoms. The Morgan fingerprint density at radius 3 is 2.30 bits per heavy atom. The van der Waals surface area contributed by atoms with E-state index in [4.69, 9.17) is 4.74 Å². The number of hydrogen-bond acceptors (Lipinski definition) is 4. The van der Waals surface area contributed by atoms with Gasteiger partial charge in [-0.15, -0.1) is 0 Å². The summed E-state index contributed by atoms with van der Waals surface area (Å²) < 4.78 is 6.00. The van der Waals surface area contributed by atoms with E-state index < -0.39 is 5.92 Å². The minimum absolute atomic E-state index is 0.103. The fraction of sp³-hybridized carbons (Fsp3) is 0.0800. The highest BCUT2D eigenvalue weighted by molar-refractivity contribution is 5.99. The molecule has 0 unspecified atom stereocenters. The molecule has 1 aliphatic heterocycles. The Bertz CT molecular complexity index is 1210. The Hall–Kier alpha value is -3.99. The number of amides is 1. The van der Waals surface area contributed by atoms with Crippen LogP contribution in [0.15, 0.2) is 85.1 Å². The average Bonchev–Trinajstić information content (AvgIpc) is 2.77. The Kier molecular flexibility index (Phi) is 4.48. The highest BCUT2D eigenvalue weighted by Gasteiger charge is 2.32. The first kappa shape index (κ1) is 18.1. The van der Waals surface area contributed by atoms with Gasteiger partial charge in [0.05, 0.1) is 11.6 Å². The topological polar surface area (TPSA) is 64.1 Å². The molecule has 4 aromatic rings. The molecule has 0 spiro atoms. The third-order valence-electron chi connectivity index (χ3n) is 5.14. The number of fused-ring (bicyclic) bond motifs is 2. The van der Waals surface area contributed by atoms with Crippen LogP contribution in [0.1, 0.15) is 22.9 Å². The second-order valence-corrected chi connectivity index (χ2v) is 7.17. The van der Waals surface area contributed by atoms with Crippen LogP contribution in [-0.2, 0) is 4.79 Å². The maximum Gasteiger partial charge on any atom is 0.236 e. The molecular weight excluding hydrogens is 374 g/mol. The predicted molar refractivity (Wildman–Crippen MR) is 116 cm³/mol. The maximum atomic E-state index is 13.4. The van der Waals surface area contributed by atoms with Gasteiger partial charge in [-0.05, 0) is 37.3 Å². The van der Waals surface area contributed by atoms with Crippen LogP contribution in [0.4, 0.5) is 5.69 Å². The number of aryl methyl sites for hydroxylation is 1. The number of aromatic nitrogens is 2. The van der Waals surface area contributed by atoms with Crippen molar-refractivity contribution in [1.29, 1.82) is 0 Å². The molecule has 5 nitrogen and oxygen atoms in total. The normalized spacial score (nSPS) is 12.4. The van der Waals surface area contributed by atoms with Gasteiger partial charge in [0.1, 0.15) is 17.3 Å². The number of anilines is 1. The predicted octanol–water partition coefficient (Wildman–Crippen LogP) is 5.33. The number of carbonyl (C=O) groups is 1. The lowest BCUT2D eigenvalue weighted by Gasteiger charge is -2.27. The highest BCUT2D eigenvalue weighted by atomic mass is 16.5. The molecule has 146 valence electrons. The first-order chi connectivity index (χ1) is 14.7. The number of nitrogens with one attached hydrogen (secondary N) is 1. The Morgan fingerprint density at radius 2 is 1.60 bits per heavy atom. The summed E-state index contributed by atoms with van der Waals surface area (Å²) >= 11 is 0. The molecule has 0 saturated carbocycles. The van der Waals surface area contributed by atoms with Gasteiger partial charge in [0.15, 0.2) is 0 Å². The zero-order chi connectivity index (χ0) is 20.5. The average molecular weight is 393 g/mol. The summed E-state index contributed by atoms with van der Waals surface area (Å²) in [6.07, 6.45) is 1.73. The first-order valence-corrected chi connectivity index (χ1v) is 9.76. The number of rotatable bonds is 3. The first-order valence-electron chi connectivity index (χ1n) is 9.76. The van der Waals surface area contributed by atoms with E-state index in [1.807, 2.05) is 85.8 Å². The summed E-state index contributed by atoms with van der Waals surface area (Å²) in [5.74, 6) is 1.57. The quantitative estimate of drug-likeness (QED) is 0.511. The molecule has 1 aromatic heterocycles. The van der Waals surface area contributed by atoms with Crippen molar-refractivity contribution < 1.29 is 9.53 Å². The smallest absolute Gasteiger partial charge is 0.236 e. The maximum absolute atomic E-state index is 13.4. The molecule has 0 radical (unpaired) electrons. The van der Waals surface area contributed by atoms with Gasteiger partial charge in [0.2, 0.25) is 5.91 Å². The van der Waals surface area contributed by atoms with Crippen LogP contribution in [0, 0.1) is 6.92 Å². The molecule has 0 saturated heterocycles. The molecule has 0 fully saturated rings. The van der Waals surface area contributed by atoms with Crippen LogP contribution in [0.2, 0.25) is 0 Å². The minimum atomic E-state index is -0.448. The van der Waals surface area contributed by atoms with Crippen molar-refractivity contribution in [3.8, 4) is 22.8 Å². The van der Waals surface area contributed by atoms with Gasteiger partial charge in [-0.25, -0.2) is 9.97 Å². The molecule has 2 heterocycles. The van der Waals surface area contributed by atoms with E-state index >= 15 is 0 Å². The van der Waals surface area contributed by atoms with Gasteiger partial charge in [0.25, 0.3) is 0 Å². The highest BCUT2D eigenvalue weighted by Crippen LogP contribution is 2.44. The monoisotopic (exact) mass is 393 g/mol. The van der Waals surface area contributed by atoms with E-state index in [9.17, 15) is 4.79 Å². The fourth-order valence-corrected chi connectivity index (χ4v) is 3.78. The van der Waals surface area contributed by atoms with Crippen LogP contribution in [0.5, 0.6) is 11.5 Å². The second kappa shape index (κ2) is 7.44. The summed E-state index contributed by atoms with van der Waals surface area (Å²) in [5.41, 5.74) is 4.18. The van der Waals surface area contributed by atoms with Crippen molar-refractivity contribution >= 4 is 11.6 Å². The summed E-state index contributed by atoms with van der Waals surface area (Å²) in [6, 6.07) is 24.9. The van der Waals surface area contributed by atoms with Crippen molar-refractivity contribution in [1.82, 2.24) is 9.97 Å². The van der Waals surface area contributed by atoms with Crippen LogP contribution < -0.4 is 10.1 Å². The third-order valence-corrected chi connectivity index (χ3v) is 5.14. The number of para-hydroxylation sites is 2. The van der Waals surface area contributed by atoms with Crippen molar-refractivity contribution in [3.63, 3.8) is 0 Å². The summed E-state index contributed by atoms with van der Waals surface area (Å²) in [5, 5.41) is 3.08. The van der Waals surface area contributed by atoms with E-state index in [0.29, 0.717) is 17.3 Å². The molecule has 3 aromatic carbocycles. The number of benzene rings is 3. The Labute approximate surface area is 174 Å². The molecule has 1 amide bonds. The molecular formula is C25H19N3O2. The van der Waals surface area contributed by atoms with Crippen LogP contribution in [-0.4, -0.2) is 15.9 Å². The van der Waals surface area contributed by atoms with Crippen molar-refractivity contribution in [3.05, 3.63) is 102 Å². The largest absolute Gasteiger partial charge is 0.457 e. The molecule has 5 heteroatoms. The van der Waals surface area contributed by atoms with Crippen LogP contribution in [0.3, 0.4) is 0 Å². The Balaban J connectivity index is 1.49. The molecule has 0 aliphatic carbocycles. The SMILES string of the molecule is Cc1nccc(-c2cccc(NC(=O)C3c4ccccc4Oc4ccccc43)c2)n1. The van der Waals surface area contributed by atoms with Gasteiger partial charge >= 0.3 is 0 Å². The minimum Gasteiger partial charge on any atom is -0.457 e. The third kappa shape index (κ3) is 3.31.